The standard InChI is InChI=1S/C27H29ClN2O3S/c1-18-10-14-24(15-11-18)34(32,33)30(26-9-5-8-25(28)19(26)2)17-27(31)29-20(3)22-13-12-21-6-4-7-23(21)16-22/h5,8-16,20H,4,6-7,17H2,1-3H3,(H,29,31)/t20-/m0/s1. The van der Waals surface area contributed by atoms with Gasteiger partial charge in [-0.3, -0.25) is 9.10 Å². The average molecular weight is 497 g/mol. The van der Waals surface area contributed by atoms with Gasteiger partial charge in [0, 0.05) is 5.02 Å². The molecular weight excluding hydrogens is 468 g/mol. The zero-order valence-corrected chi connectivity index (χ0v) is 21.2. The van der Waals surface area contributed by atoms with E-state index >= 15 is 0 Å². The molecule has 0 aromatic heterocycles. The van der Waals surface area contributed by atoms with Gasteiger partial charge in [-0.2, -0.15) is 0 Å². The van der Waals surface area contributed by atoms with Crippen LogP contribution in [0, 0.1) is 13.8 Å². The van der Waals surface area contributed by atoms with Gasteiger partial charge in [-0.05, 0) is 86.6 Å². The van der Waals surface area contributed by atoms with Crippen molar-refractivity contribution in [2.24, 2.45) is 0 Å². The van der Waals surface area contributed by atoms with Crippen LogP contribution in [-0.4, -0.2) is 20.9 Å². The molecule has 1 N–H and O–H groups in total. The summed E-state index contributed by atoms with van der Waals surface area (Å²) in [6.45, 7) is 5.20. The Hall–Kier alpha value is -2.83. The van der Waals surface area contributed by atoms with E-state index in [1.165, 1.54) is 11.1 Å². The number of aryl methyl sites for hydroxylation is 3. The summed E-state index contributed by atoms with van der Waals surface area (Å²) in [6.07, 6.45) is 3.31. The largest absolute Gasteiger partial charge is 0.348 e. The Labute approximate surface area is 206 Å². The van der Waals surface area contributed by atoms with Gasteiger partial charge < -0.3 is 5.32 Å². The van der Waals surface area contributed by atoms with Crippen molar-refractivity contribution in [3.8, 4) is 0 Å². The monoisotopic (exact) mass is 496 g/mol. The Bertz CT molecular complexity index is 1320. The lowest BCUT2D eigenvalue weighted by Gasteiger charge is -2.27. The SMILES string of the molecule is Cc1ccc(S(=O)(=O)N(CC(=O)N[C@@H](C)c2ccc3c(c2)CCC3)c2cccc(Cl)c2C)cc1. The van der Waals surface area contributed by atoms with Gasteiger partial charge in [-0.1, -0.05) is 53.6 Å². The number of amides is 1. The molecule has 0 fully saturated rings. The smallest absolute Gasteiger partial charge is 0.264 e. The number of rotatable bonds is 7. The second-order valence-electron chi connectivity index (χ2n) is 8.88. The summed E-state index contributed by atoms with van der Waals surface area (Å²) in [5.41, 5.74) is 5.64. The van der Waals surface area contributed by atoms with Gasteiger partial charge in [0.25, 0.3) is 10.0 Å². The number of carbonyl (C=O) groups is 1. The Balaban J connectivity index is 1.62. The Kier molecular flexibility index (Phi) is 7.01. The van der Waals surface area contributed by atoms with E-state index in [9.17, 15) is 13.2 Å². The minimum Gasteiger partial charge on any atom is -0.348 e. The number of fused-ring (bicyclic) bond motifs is 1. The summed E-state index contributed by atoms with van der Waals surface area (Å²) < 4.78 is 28.4. The second kappa shape index (κ2) is 9.80. The van der Waals surface area contributed by atoms with Crippen molar-refractivity contribution in [2.45, 2.75) is 51.0 Å². The third-order valence-electron chi connectivity index (χ3n) is 6.40. The fourth-order valence-electron chi connectivity index (χ4n) is 4.37. The summed E-state index contributed by atoms with van der Waals surface area (Å²) in [4.78, 5) is 13.2. The summed E-state index contributed by atoms with van der Waals surface area (Å²) in [7, 11) is -4.00. The molecule has 1 amide bonds. The first-order chi connectivity index (χ1) is 16.2. The van der Waals surface area contributed by atoms with Gasteiger partial charge in [0.05, 0.1) is 16.6 Å². The first-order valence-corrected chi connectivity index (χ1v) is 13.2. The summed E-state index contributed by atoms with van der Waals surface area (Å²) in [6, 6.07) is 17.7. The van der Waals surface area contributed by atoms with Crippen molar-refractivity contribution in [3.63, 3.8) is 0 Å². The molecule has 3 aromatic carbocycles. The summed E-state index contributed by atoms with van der Waals surface area (Å²) >= 11 is 6.30. The van der Waals surface area contributed by atoms with Gasteiger partial charge in [-0.15, -0.1) is 0 Å². The molecule has 0 aliphatic heterocycles. The molecule has 3 aromatic rings. The number of carbonyl (C=O) groups excluding carboxylic acids is 1. The van der Waals surface area contributed by atoms with Crippen LogP contribution in [0.4, 0.5) is 5.69 Å². The van der Waals surface area contributed by atoms with Crippen molar-refractivity contribution in [1.29, 1.82) is 0 Å². The van der Waals surface area contributed by atoms with Crippen molar-refractivity contribution in [1.82, 2.24) is 5.32 Å². The normalized spacial score (nSPS) is 13.9. The van der Waals surface area contributed by atoms with Crippen LogP contribution < -0.4 is 9.62 Å². The number of hydrogen-bond acceptors (Lipinski definition) is 3. The van der Waals surface area contributed by atoms with Gasteiger partial charge in [-0.25, -0.2) is 8.42 Å². The maximum absolute atomic E-state index is 13.6. The van der Waals surface area contributed by atoms with Crippen LogP contribution in [0.15, 0.2) is 65.6 Å². The zero-order valence-electron chi connectivity index (χ0n) is 19.6. The van der Waals surface area contributed by atoms with E-state index in [4.69, 9.17) is 11.6 Å². The molecule has 0 unspecified atom stereocenters. The Morgan fingerprint density at radius 2 is 1.74 bits per heavy atom. The van der Waals surface area contributed by atoms with Gasteiger partial charge in [0.15, 0.2) is 0 Å². The number of nitrogens with zero attached hydrogens (tertiary/aromatic N) is 1. The highest BCUT2D eigenvalue weighted by Gasteiger charge is 2.29. The second-order valence-corrected chi connectivity index (χ2v) is 11.1. The molecule has 0 radical (unpaired) electrons. The third-order valence-corrected chi connectivity index (χ3v) is 8.59. The Morgan fingerprint density at radius 1 is 1.03 bits per heavy atom. The molecule has 1 aliphatic carbocycles. The van der Waals surface area contributed by atoms with Crippen LogP contribution in [0.25, 0.3) is 0 Å². The van der Waals surface area contributed by atoms with Crippen molar-refractivity contribution in [3.05, 3.63) is 93.5 Å². The molecule has 7 heteroatoms. The lowest BCUT2D eigenvalue weighted by atomic mass is 10.0. The highest BCUT2D eigenvalue weighted by atomic mass is 35.5. The predicted molar refractivity (Wildman–Crippen MR) is 137 cm³/mol. The lowest BCUT2D eigenvalue weighted by Crippen LogP contribution is -2.42. The maximum atomic E-state index is 13.6. The van der Waals surface area contributed by atoms with E-state index in [0.717, 1.165) is 34.7 Å². The van der Waals surface area contributed by atoms with Crippen LogP contribution in [0.5, 0.6) is 0 Å². The van der Waals surface area contributed by atoms with Gasteiger partial charge in [0.1, 0.15) is 6.54 Å². The molecular formula is C27H29ClN2O3S. The average Bonchev–Trinajstić information content (AvgIpc) is 3.28. The van der Waals surface area contributed by atoms with Crippen LogP contribution >= 0.6 is 11.6 Å². The van der Waals surface area contributed by atoms with E-state index in [2.05, 4.69) is 17.4 Å². The first-order valence-electron chi connectivity index (χ1n) is 11.4. The van der Waals surface area contributed by atoms with Crippen LogP contribution in [0.3, 0.4) is 0 Å². The highest BCUT2D eigenvalue weighted by Crippen LogP contribution is 2.31. The molecule has 5 nitrogen and oxygen atoms in total. The molecule has 1 aliphatic rings. The van der Waals surface area contributed by atoms with E-state index in [0.29, 0.717) is 16.3 Å². The Morgan fingerprint density at radius 3 is 2.47 bits per heavy atom. The van der Waals surface area contributed by atoms with Crippen LogP contribution in [0.2, 0.25) is 5.02 Å². The van der Waals surface area contributed by atoms with Crippen LogP contribution in [-0.2, 0) is 27.7 Å². The molecule has 0 heterocycles. The molecule has 1 atom stereocenters. The topological polar surface area (TPSA) is 66.5 Å². The first kappa shape index (κ1) is 24.3. The van der Waals surface area contributed by atoms with E-state index in [1.54, 1.807) is 49.4 Å². The molecule has 34 heavy (non-hydrogen) atoms. The molecule has 0 saturated carbocycles. The molecule has 178 valence electrons. The fraction of sp³-hybridized carbons (Fsp3) is 0.296. The van der Waals surface area contributed by atoms with Crippen molar-refractivity contribution in [2.75, 3.05) is 10.8 Å². The number of sulfonamides is 1. The van der Waals surface area contributed by atoms with E-state index in [1.807, 2.05) is 19.9 Å². The third kappa shape index (κ3) is 4.98. The molecule has 0 spiro atoms. The van der Waals surface area contributed by atoms with E-state index in [-0.39, 0.29) is 23.4 Å². The van der Waals surface area contributed by atoms with Crippen molar-refractivity contribution < 1.29 is 13.2 Å². The van der Waals surface area contributed by atoms with Crippen molar-refractivity contribution >= 4 is 33.2 Å². The summed E-state index contributed by atoms with van der Waals surface area (Å²) in [5.74, 6) is -0.386. The van der Waals surface area contributed by atoms with E-state index < -0.39 is 10.0 Å². The molecule has 4 rings (SSSR count). The minimum atomic E-state index is -4.00. The maximum Gasteiger partial charge on any atom is 0.264 e. The number of benzene rings is 3. The number of nitrogens with one attached hydrogen (secondary N) is 1. The zero-order chi connectivity index (χ0) is 24.5. The summed E-state index contributed by atoms with van der Waals surface area (Å²) in [5, 5.41) is 3.41. The highest BCUT2D eigenvalue weighted by molar-refractivity contribution is 7.92. The quantitative estimate of drug-likeness (QED) is 0.468. The lowest BCUT2D eigenvalue weighted by molar-refractivity contribution is -0.120. The molecule has 0 saturated heterocycles. The van der Waals surface area contributed by atoms with Gasteiger partial charge >= 0.3 is 0 Å². The number of anilines is 1. The number of hydrogen-bond donors (Lipinski definition) is 1. The molecule has 0 bridgehead atoms. The minimum absolute atomic E-state index is 0.122. The predicted octanol–water partition coefficient (Wildman–Crippen LogP) is 5.52. The van der Waals surface area contributed by atoms with Crippen LogP contribution in [0.1, 0.15) is 47.2 Å². The van der Waals surface area contributed by atoms with Gasteiger partial charge in [0.2, 0.25) is 5.91 Å². The number of halogens is 1. The fourth-order valence-corrected chi connectivity index (χ4v) is 6.01.